The molecule has 2 unspecified atom stereocenters. The first-order chi connectivity index (χ1) is 8.88. The Morgan fingerprint density at radius 3 is 2.50 bits per heavy atom. The van der Waals surface area contributed by atoms with Crippen molar-refractivity contribution >= 4 is 0 Å². The third-order valence-corrected chi connectivity index (χ3v) is 4.74. The summed E-state index contributed by atoms with van der Waals surface area (Å²) in [5.41, 5.74) is 0. The average Bonchev–Trinajstić information content (AvgIpc) is 2.37. The fourth-order valence-corrected chi connectivity index (χ4v) is 3.76. The topological polar surface area (TPSA) is 15.3 Å². The first kappa shape index (κ1) is 14.3. The fraction of sp³-hybridized carbons (Fsp3) is 1.00. The molecule has 1 N–H and O–H groups in total. The van der Waals surface area contributed by atoms with Crippen LogP contribution in [0, 0.1) is 11.8 Å². The molecule has 0 aromatic rings. The lowest BCUT2D eigenvalue weighted by Crippen LogP contribution is -2.45. The van der Waals surface area contributed by atoms with Gasteiger partial charge in [0.05, 0.1) is 0 Å². The van der Waals surface area contributed by atoms with Gasteiger partial charge in [0.1, 0.15) is 0 Å². The summed E-state index contributed by atoms with van der Waals surface area (Å²) < 4.78 is 0. The predicted molar refractivity (Wildman–Crippen MR) is 78.9 cm³/mol. The molecular weight excluding hydrogens is 220 g/mol. The lowest BCUT2D eigenvalue weighted by atomic mass is 9.78. The van der Waals surface area contributed by atoms with Gasteiger partial charge in [-0.2, -0.15) is 0 Å². The van der Waals surface area contributed by atoms with Crippen molar-refractivity contribution < 1.29 is 0 Å². The number of nitrogens with zero attached hydrogens (tertiary/aromatic N) is 1. The number of unbranched alkanes of at least 4 members (excludes halogenated alkanes) is 3. The molecule has 0 amide bonds. The summed E-state index contributed by atoms with van der Waals surface area (Å²) >= 11 is 0. The molecule has 18 heavy (non-hydrogen) atoms. The van der Waals surface area contributed by atoms with Crippen molar-refractivity contribution in [2.75, 3.05) is 32.7 Å². The van der Waals surface area contributed by atoms with Crippen LogP contribution in [0.2, 0.25) is 0 Å². The van der Waals surface area contributed by atoms with Crippen LogP contribution in [0.1, 0.15) is 58.3 Å². The van der Waals surface area contributed by atoms with Crippen molar-refractivity contribution in [2.45, 2.75) is 58.3 Å². The van der Waals surface area contributed by atoms with E-state index in [0.717, 1.165) is 11.8 Å². The highest BCUT2D eigenvalue weighted by atomic mass is 15.1. The molecule has 0 radical (unpaired) electrons. The fourth-order valence-electron chi connectivity index (χ4n) is 3.76. The third kappa shape index (κ3) is 4.89. The van der Waals surface area contributed by atoms with E-state index < -0.39 is 0 Å². The quantitative estimate of drug-likeness (QED) is 0.667. The van der Waals surface area contributed by atoms with E-state index in [-0.39, 0.29) is 0 Å². The van der Waals surface area contributed by atoms with Crippen LogP contribution < -0.4 is 5.32 Å². The van der Waals surface area contributed by atoms with Crippen molar-refractivity contribution in [1.29, 1.82) is 0 Å². The number of hydrogen-bond donors (Lipinski definition) is 1. The lowest BCUT2D eigenvalue weighted by molar-refractivity contribution is 0.0870. The predicted octanol–water partition coefficient (Wildman–Crippen LogP) is 3.28. The van der Waals surface area contributed by atoms with E-state index in [4.69, 9.17) is 0 Å². The van der Waals surface area contributed by atoms with Crippen molar-refractivity contribution in [1.82, 2.24) is 10.2 Å². The van der Waals surface area contributed by atoms with Gasteiger partial charge in [-0.25, -0.2) is 0 Å². The molecule has 1 aliphatic carbocycles. The van der Waals surface area contributed by atoms with E-state index in [0.29, 0.717) is 0 Å². The molecule has 0 spiro atoms. The number of fused-ring (bicyclic) bond motifs is 2. The van der Waals surface area contributed by atoms with Gasteiger partial charge in [0.25, 0.3) is 0 Å². The van der Waals surface area contributed by atoms with Crippen molar-refractivity contribution in [3.05, 3.63) is 0 Å². The maximum absolute atomic E-state index is 3.62. The molecule has 0 aromatic carbocycles. The van der Waals surface area contributed by atoms with Crippen LogP contribution in [0.3, 0.4) is 0 Å². The molecule has 2 atom stereocenters. The van der Waals surface area contributed by atoms with Crippen molar-refractivity contribution in [3.63, 3.8) is 0 Å². The van der Waals surface area contributed by atoms with Crippen LogP contribution in [0.4, 0.5) is 0 Å². The summed E-state index contributed by atoms with van der Waals surface area (Å²) in [6.45, 7) is 8.75. The molecule has 2 heteroatoms. The van der Waals surface area contributed by atoms with Crippen LogP contribution in [0.15, 0.2) is 0 Å². The molecule has 2 fully saturated rings. The second-order valence-corrected chi connectivity index (χ2v) is 6.47. The number of nitrogens with one attached hydrogen (secondary N) is 1. The van der Waals surface area contributed by atoms with Crippen molar-refractivity contribution in [3.8, 4) is 0 Å². The van der Waals surface area contributed by atoms with Crippen LogP contribution in [-0.4, -0.2) is 37.6 Å². The number of piperidine rings is 1. The van der Waals surface area contributed by atoms with E-state index >= 15 is 0 Å². The van der Waals surface area contributed by atoms with E-state index in [9.17, 15) is 0 Å². The summed E-state index contributed by atoms with van der Waals surface area (Å²) in [4.78, 5) is 2.72. The Morgan fingerprint density at radius 2 is 1.78 bits per heavy atom. The lowest BCUT2D eigenvalue weighted by Gasteiger charge is -2.41. The maximum atomic E-state index is 3.62. The van der Waals surface area contributed by atoms with Gasteiger partial charge in [-0.1, -0.05) is 32.6 Å². The van der Waals surface area contributed by atoms with Gasteiger partial charge in [-0.3, -0.25) is 0 Å². The van der Waals surface area contributed by atoms with Crippen LogP contribution >= 0.6 is 0 Å². The summed E-state index contributed by atoms with van der Waals surface area (Å²) in [5.74, 6) is 2.06. The third-order valence-electron chi connectivity index (χ3n) is 4.74. The highest BCUT2D eigenvalue weighted by Crippen LogP contribution is 2.33. The van der Waals surface area contributed by atoms with E-state index in [1.807, 2.05) is 0 Å². The first-order valence-corrected chi connectivity index (χ1v) is 8.31. The van der Waals surface area contributed by atoms with E-state index in [1.165, 1.54) is 84.1 Å². The van der Waals surface area contributed by atoms with E-state index in [1.54, 1.807) is 0 Å². The van der Waals surface area contributed by atoms with Gasteiger partial charge in [0.2, 0.25) is 0 Å². The van der Waals surface area contributed by atoms with Crippen LogP contribution in [0.25, 0.3) is 0 Å². The second kappa shape index (κ2) is 8.16. The minimum Gasteiger partial charge on any atom is -0.315 e. The Bertz CT molecular complexity index is 205. The Kier molecular flexibility index (Phi) is 6.50. The zero-order chi connectivity index (χ0) is 12.6. The Hall–Kier alpha value is -0.0800. The monoisotopic (exact) mass is 252 g/mol. The maximum Gasteiger partial charge on any atom is 0.0107 e. The van der Waals surface area contributed by atoms with Crippen molar-refractivity contribution in [2.24, 2.45) is 11.8 Å². The zero-order valence-corrected chi connectivity index (χ0v) is 12.3. The Labute approximate surface area is 114 Å². The summed E-state index contributed by atoms with van der Waals surface area (Å²) in [6.07, 6.45) is 11.5. The van der Waals surface area contributed by atoms with Gasteiger partial charge in [-0.15, -0.1) is 0 Å². The molecule has 1 aliphatic heterocycles. The number of rotatable bonds is 8. The summed E-state index contributed by atoms with van der Waals surface area (Å²) in [7, 11) is 0. The molecule has 2 rings (SSSR count). The molecule has 2 aliphatic rings. The number of hydrogen-bond acceptors (Lipinski definition) is 2. The standard InChI is InChI=1S/C16H32N2/c1-2-3-4-5-9-17-10-11-18-13-15-7-6-8-16(12-15)14-18/h15-17H,2-14H2,1H3. The van der Waals surface area contributed by atoms with Gasteiger partial charge in [-0.05, 0) is 44.1 Å². The molecule has 2 nitrogen and oxygen atoms in total. The molecule has 106 valence electrons. The van der Waals surface area contributed by atoms with Gasteiger partial charge >= 0.3 is 0 Å². The average molecular weight is 252 g/mol. The summed E-state index contributed by atoms with van der Waals surface area (Å²) in [6, 6.07) is 0. The normalized spacial score (nSPS) is 28.5. The number of likely N-dealkylation sites (tertiary alicyclic amines) is 1. The molecular formula is C16H32N2. The molecule has 0 aromatic heterocycles. The molecule has 2 bridgehead atoms. The molecule has 1 heterocycles. The Balaban J connectivity index is 1.49. The first-order valence-electron chi connectivity index (χ1n) is 8.31. The molecule has 1 saturated heterocycles. The minimum absolute atomic E-state index is 1.03. The minimum atomic E-state index is 1.03. The molecule has 1 saturated carbocycles. The SMILES string of the molecule is CCCCCCNCCN1CC2CCCC(C2)C1. The van der Waals surface area contributed by atoms with Gasteiger partial charge in [0.15, 0.2) is 0 Å². The van der Waals surface area contributed by atoms with Gasteiger partial charge < -0.3 is 10.2 Å². The van der Waals surface area contributed by atoms with E-state index in [2.05, 4.69) is 17.1 Å². The smallest absolute Gasteiger partial charge is 0.0107 e. The summed E-state index contributed by atoms with van der Waals surface area (Å²) in [5, 5.41) is 3.62. The van der Waals surface area contributed by atoms with Crippen LogP contribution in [-0.2, 0) is 0 Å². The highest BCUT2D eigenvalue weighted by molar-refractivity contribution is 4.83. The zero-order valence-electron chi connectivity index (χ0n) is 12.3. The largest absolute Gasteiger partial charge is 0.315 e. The Morgan fingerprint density at radius 1 is 1.00 bits per heavy atom. The highest BCUT2D eigenvalue weighted by Gasteiger charge is 2.29. The second-order valence-electron chi connectivity index (χ2n) is 6.47. The van der Waals surface area contributed by atoms with Crippen LogP contribution in [0.5, 0.6) is 0 Å². The van der Waals surface area contributed by atoms with Gasteiger partial charge in [0, 0.05) is 26.2 Å².